The van der Waals surface area contributed by atoms with Crippen molar-refractivity contribution in [3.05, 3.63) is 32.2 Å². The first-order chi connectivity index (χ1) is 6.74. The lowest BCUT2D eigenvalue weighted by atomic mass is 10.1. The van der Waals surface area contributed by atoms with Crippen LogP contribution in [0.4, 0.5) is 0 Å². The van der Waals surface area contributed by atoms with Crippen LogP contribution in [0.15, 0.2) is 18.2 Å². The summed E-state index contributed by atoms with van der Waals surface area (Å²) in [6.45, 7) is 2.13. The number of hydrogen-bond donors (Lipinski definition) is 0. The molecule has 70 valence electrons. The molecule has 0 atom stereocenters. The van der Waals surface area contributed by atoms with Crippen molar-refractivity contribution in [1.29, 1.82) is 5.26 Å². The minimum Gasteiger partial charge on any atom is -0.192 e. The molecule has 0 bridgehead atoms. The first kappa shape index (κ1) is 9.94. The predicted octanol–water partition coefficient (Wildman–Crippen LogP) is 3.94. The molecule has 3 heteroatoms. The molecule has 0 fully saturated rings. The summed E-state index contributed by atoms with van der Waals surface area (Å²) in [4.78, 5) is 0. The van der Waals surface area contributed by atoms with Crippen LogP contribution in [0.3, 0.4) is 0 Å². The molecular weight excluding hydrogens is 305 g/mol. The minimum atomic E-state index is 0.767. The summed E-state index contributed by atoms with van der Waals surface area (Å²) < 4.78 is 2.61. The van der Waals surface area contributed by atoms with Gasteiger partial charge in [-0.2, -0.15) is 5.26 Å². The molecule has 1 nitrogen and oxygen atoms in total. The topological polar surface area (TPSA) is 23.8 Å². The second-order valence-corrected chi connectivity index (χ2v) is 6.02. The molecule has 2 rings (SSSR count). The first-order valence-electron chi connectivity index (χ1n) is 4.36. The molecule has 0 N–H and O–H groups in total. The maximum absolute atomic E-state index is 8.88. The molecule has 1 aromatic carbocycles. The van der Waals surface area contributed by atoms with E-state index in [1.54, 1.807) is 11.3 Å². The summed E-state index contributed by atoms with van der Waals surface area (Å²) >= 11 is 4.13. The van der Waals surface area contributed by atoms with Crippen LogP contribution >= 0.6 is 33.9 Å². The number of thiophene rings is 1. The first-order valence-corrected chi connectivity index (χ1v) is 6.26. The van der Waals surface area contributed by atoms with Gasteiger partial charge in [-0.15, -0.1) is 11.3 Å². The Hall–Kier alpha value is -0.600. The van der Waals surface area contributed by atoms with Gasteiger partial charge in [-0.25, -0.2) is 0 Å². The zero-order chi connectivity index (χ0) is 10.1. The molecule has 0 radical (unpaired) electrons. The zero-order valence-corrected chi connectivity index (χ0v) is 10.6. The maximum Gasteiger partial charge on any atom is 0.0991 e. The largest absolute Gasteiger partial charge is 0.192 e. The summed E-state index contributed by atoms with van der Waals surface area (Å²) in [6.07, 6.45) is 0.989. The third-order valence-corrected chi connectivity index (χ3v) is 4.16. The number of rotatable bonds is 1. The average molecular weight is 313 g/mol. The van der Waals surface area contributed by atoms with Gasteiger partial charge < -0.3 is 0 Å². The highest BCUT2D eigenvalue weighted by molar-refractivity contribution is 14.1. The number of benzene rings is 1. The fourth-order valence-corrected chi connectivity index (χ4v) is 3.47. The van der Waals surface area contributed by atoms with E-state index in [0.29, 0.717) is 0 Å². The standard InChI is InChI=1S/C11H8INS/c1-2-8-3-7(6-13)4-9-5-10(12)14-11(8)9/h3-5H,2H2,1H3. The molecule has 0 aliphatic carbocycles. The second-order valence-electron chi connectivity index (χ2n) is 3.07. The minimum absolute atomic E-state index is 0.767. The lowest BCUT2D eigenvalue weighted by Crippen LogP contribution is -1.82. The summed E-state index contributed by atoms with van der Waals surface area (Å²) in [5.74, 6) is 0. The molecule has 2 aromatic rings. The highest BCUT2D eigenvalue weighted by Gasteiger charge is 2.06. The van der Waals surface area contributed by atoms with Crippen molar-refractivity contribution in [2.24, 2.45) is 0 Å². The fourth-order valence-electron chi connectivity index (χ4n) is 1.52. The van der Waals surface area contributed by atoms with Gasteiger partial charge in [0.15, 0.2) is 0 Å². The summed E-state index contributed by atoms with van der Waals surface area (Å²) in [7, 11) is 0. The average Bonchev–Trinajstić information content (AvgIpc) is 2.56. The zero-order valence-electron chi connectivity index (χ0n) is 7.67. The Morgan fingerprint density at radius 3 is 2.86 bits per heavy atom. The van der Waals surface area contributed by atoms with Crippen LogP contribution in [0.25, 0.3) is 10.1 Å². The van der Waals surface area contributed by atoms with E-state index in [-0.39, 0.29) is 0 Å². The van der Waals surface area contributed by atoms with Crippen molar-refractivity contribution in [3.8, 4) is 6.07 Å². The van der Waals surface area contributed by atoms with E-state index in [9.17, 15) is 0 Å². The molecule has 0 aliphatic heterocycles. The Bertz CT molecular complexity index is 522. The monoisotopic (exact) mass is 313 g/mol. The lowest BCUT2D eigenvalue weighted by molar-refractivity contribution is 1.16. The fraction of sp³-hybridized carbons (Fsp3) is 0.182. The SMILES string of the molecule is CCc1cc(C#N)cc2cc(I)sc12. The predicted molar refractivity (Wildman–Crippen MR) is 68.6 cm³/mol. The van der Waals surface area contributed by atoms with E-state index >= 15 is 0 Å². The van der Waals surface area contributed by atoms with Gasteiger partial charge in [0.05, 0.1) is 14.5 Å². The van der Waals surface area contributed by atoms with Gasteiger partial charge in [-0.3, -0.25) is 0 Å². The van der Waals surface area contributed by atoms with Crippen molar-refractivity contribution in [2.45, 2.75) is 13.3 Å². The molecule has 0 amide bonds. The van der Waals surface area contributed by atoms with E-state index < -0.39 is 0 Å². The Morgan fingerprint density at radius 2 is 2.21 bits per heavy atom. The highest BCUT2D eigenvalue weighted by atomic mass is 127. The molecule has 0 aliphatic rings. The van der Waals surface area contributed by atoms with E-state index in [1.807, 2.05) is 12.1 Å². The second kappa shape index (κ2) is 3.87. The van der Waals surface area contributed by atoms with E-state index in [2.05, 4.69) is 41.7 Å². The molecule has 0 spiro atoms. The van der Waals surface area contributed by atoms with Gasteiger partial charge in [0.1, 0.15) is 0 Å². The molecule has 0 unspecified atom stereocenters. The molecule has 0 saturated heterocycles. The van der Waals surface area contributed by atoms with Gasteiger partial charge in [0, 0.05) is 4.70 Å². The summed E-state index contributed by atoms with van der Waals surface area (Å²) in [6, 6.07) is 8.31. The van der Waals surface area contributed by atoms with Crippen molar-refractivity contribution >= 4 is 44.0 Å². The Labute approximate surface area is 101 Å². The van der Waals surface area contributed by atoms with Crippen molar-refractivity contribution in [3.63, 3.8) is 0 Å². The van der Waals surface area contributed by atoms with Crippen LogP contribution in [0.1, 0.15) is 18.1 Å². The van der Waals surface area contributed by atoms with Crippen molar-refractivity contribution in [1.82, 2.24) is 0 Å². The number of fused-ring (bicyclic) bond motifs is 1. The lowest BCUT2D eigenvalue weighted by Gasteiger charge is -1.99. The third-order valence-electron chi connectivity index (χ3n) is 2.17. The number of halogens is 1. The van der Waals surface area contributed by atoms with Crippen LogP contribution in [-0.2, 0) is 6.42 Å². The van der Waals surface area contributed by atoms with Crippen molar-refractivity contribution < 1.29 is 0 Å². The number of nitriles is 1. The van der Waals surface area contributed by atoms with Gasteiger partial charge in [0.2, 0.25) is 0 Å². The van der Waals surface area contributed by atoms with Gasteiger partial charge >= 0.3 is 0 Å². The third kappa shape index (κ3) is 1.64. The van der Waals surface area contributed by atoms with Gasteiger partial charge in [-0.1, -0.05) is 6.92 Å². The Kier molecular flexibility index (Phi) is 2.75. The van der Waals surface area contributed by atoms with Crippen LogP contribution in [-0.4, -0.2) is 0 Å². The van der Waals surface area contributed by atoms with E-state index in [1.165, 1.54) is 18.5 Å². The maximum atomic E-state index is 8.88. The van der Waals surface area contributed by atoms with Crippen LogP contribution in [0.5, 0.6) is 0 Å². The van der Waals surface area contributed by atoms with Gasteiger partial charge in [-0.05, 0) is 58.2 Å². The van der Waals surface area contributed by atoms with Crippen LogP contribution in [0, 0.1) is 14.2 Å². The molecule has 1 heterocycles. The van der Waals surface area contributed by atoms with Crippen LogP contribution < -0.4 is 0 Å². The smallest absolute Gasteiger partial charge is 0.0991 e. The van der Waals surface area contributed by atoms with Crippen molar-refractivity contribution in [2.75, 3.05) is 0 Å². The summed E-state index contributed by atoms with van der Waals surface area (Å²) in [5.41, 5.74) is 2.05. The Balaban J connectivity index is 2.80. The van der Waals surface area contributed by atoms with Gasteiger partial charge in [0.25, 0.3) is 0 Å². The molecule has 14 heavy (non-hydrogen) atoms. The highest BCUT2D eigenvalue weighted by Crippen LogP contribution is 2.31. The molecule has 0 saturated carbocycles. The van der Waals surface area contributed by atoms with E-state index in [4.69, 9.17) is 5.26 Å². The number of nitrogens with zero attached hydrogens (tertiary/aromatic N) is 1. The normalized spacial score (nSPS) is 10.4. The van der Waals surface area contributed by atoms with Crippen LogP contribution in [0.2, 0.25) is 0 Å². The molecule has 1 aromatic heterocycles. The quantitative estimate of drug-likeness (QED) is 0.732. The Morgan fingerprint density at radius 1 is 1.43 bits per heavy atom. The number of aryl methyl sites for hydroxylation is 1. The number of hydrogen-bond acceptors (Lipinski definition) is 2. The van der Waals surface area contributed by atoms with E-state index in [0.717, 1.165) is 12.0 Å². The molecular formula is C11H8INS. The summed E-state index contributed by atoms with van der Waals surface area (Å²) in [5, 5.41) is 10.1.